The number of imide groups is 1. The van der Waals surface area contributed by atoms with Gasteiger partial charge >= 0.3 is 6.03 Å². The average Bonchev–Trinajstić information content (AvgIpc) is 2.86. The van der Waals surface area contributed by atoms with Crippen LogP contribution < -0.4 is 15.9 Å². The van der Waals surface area contributed by atoms with Gasteiger partial charge in [0, 0.05) is 28.6 Å². The van der Waals surface area contributed by atoms with E-state index in [1.165, 1.54) is 0 Å². The number of benzene rings is 2. The lowest BCUT2D eigenvalue weighted by Crippen LogP contribution is -2.38. The zero-order valence-electron chi connectivity index (χ0n) is 9.68. The zero-order chi connectivity index (χ0) is 13.0. The normalized spacial score (nSPS) is 15.6. The molecule has 0 saturated heterocycles. The lowest BCUT2D eigenvalue weighted by atomic mass is 10.0. The van der Waals surface area contributed by atoms with Crippen molar-refractivity contribution in [3.63, 3.8) is 0 Å². The highest BCUT2D eigenvalue weighted by molar-refractivity contribution is 6.09. The van der Waals surface area contributed by atoms with Crippen molar-refractivity contribution in [1.29, 1.82) is 0 Å². The number of nitrogens with one attached hydrogen (secondary N) is 1. The van der Waals surface area contributed by atoms with E-state index in [2.05, 4.69) is 15.3 Å². The van der Waals surface area contributed by atoms with Crippen LogP contribution >= 0.6 is 0 Å². The minimum absolute atomic E-state index is 0.405. The van der Waals surface area contributed by atoms with Crippen LogP contribution in [0.5, 0.6) is 0 Å². The average molecular weight is 249 g/mol. The second kappa shape index (κ2) is 3.35. The van der Waals surface area contributed by atoms with E-state index >= 15 is 0 Å². The van der Waals surface area contributed by atoms with Crippen molar-refractivity contribution in [2.45, 2.75) is 0 Å². The van der Waals surface area contributed by atoms with E-state index in [0.29, 0.717) is 10.9 Å². The molecule has 1 N–H and O–H groups in total. The van der Waals surface area contributed by atoms with Crippen LogP contribution in [-0.2, 0) is 0 Å². The molecule has 5 heteroatoms. The van der Waals surface area contributed by atoms with Gasteiger partial charge in [-0.25, -0.2) is 4.79 Å². The Kier molecular flexibility index (Phi) is 1.79. The molecule has 19 heavy (non-hydrogen) atoms. The molecule has 4 rings (SSSR count). The summed E-state index contributed by atoms with van der Waals surface area (Å²) in [6, 6.07) is 6.72. The van der Waals surface area contributed by atoms with Crippen molar-refractivity contribution >= 4 is 35.1 Å². The van der Waals surface area contributed by atoms with Gasteiger partial charge in [0.15, 0.2) is 0 Å². The third-order valence-corrected chi connectivity index (χ3v) is 3.34. The Bertz CT molecular complexity index is 926. The topological polar surface area (TPSA) is 70.9 Å². The van der Waals surface area contributed by atoms with Crippen LogP contribution in [0.25, 0.3) is 17.0 Å². The lowest BCUT2D eigenvalue weighted by molar-refractivity contribution is 0.0961. The molecular formula is C14H7N3O2. The largest absolute Gasteiger partial charge is 0.348 e. The van der Waals surface area contributed by atoms with E-state index in [1.54, 1.807) is 18.5 Å². The molecule has 0 fully saturated rings. The number of fused-ring (bicyclic) bond motifs is 5. The summed E-state index contributed by atoms with van der Waals surface area (Å²) in [4.78, 5) is 31.2. The molecule has 0 unspecified atom stereocenters. The van der Waals surface area contributed by atoms with Gasteiger partial charge in [0.2, 0.25) is 0 Å². The summed E-state index contributed by atoms with van der Waals surface area (Å²) in [5.41, 5.74) is 1.45. The molecule has 2 aliphatic rings. The molecule has 2 aliphatic heterocycles. The molecule has 2 heterocycles. The van der Waals surface area contributed by atoms with Gasteiger partial charge in [0.1, 0.15) is 0 Å². The monoisotopic (exact) mass is 249 g/mol. The van der Waals surface area contributed by atoms with Gasteiger partial charge in [-0.05, 0) is 11.5 Å². The van der Waals surface area contributed by atoms with Gasteiger partial charge < -0.3 is 0 Å². The Balaban J connectivity index is 2.24. The SMILES string of the molecule is O=C1N=c2c(ccc3c4c(ccc23)C=NC=4)C(=O)N1. The third kappa shape index (κ3) is 1.29. The lowest BCUT2D eigenvalue weighted by Gasteiger charge is -2.10. The van der Waals surface area contributed by atoms with Crippen molar-refractivity contribution in [3.05, 3.63) is 46.0 Å². The third-order valence-electron chi connectivity index (χ3n) is 3.34. The minimum Gasteiger partial charge on any atom is -0.272 e. The van der Waals surface area contributed by atoms with Gasteiger partial charge in [-0.2, -0.15) is 4.99 Å². The Morgan fingerprint density at radius 3 is 2.74 bits per heavy atom. The summed E-state index contributed by atoms with van der Waals surface area (Å²) in [5, 5.41) is 5.35. The number of carbonyl (C=O) groups excluding carboxylic acids is 2. The van der Waals surface area contributed by atoms with Crippen molar-refractivity contribution in [1.82, 2.24) is 5.32 Å². The highest BCUT2D eigenvalue weighted by Crippen LogP contribution is 2.12. The first kappa shape index (κ1) is 10.1. The molecule has 2 aromatic carbocycles. The number of hydrogen-bond donors (Lipinski definition) is 1. The highest BCUT2D eigenvalue weighted by atomic mass is 16.2. The Morgan fingerprint density at radius 1 is 1.00 bits per heavy atom. The van der Waals surface area contributed by atoms with Crippen LogP contribution in [0.4, 0.5) is 4.79 Å². The molecule has 3 amide bonds. The Labute approximate surface area is 107 Å². The van der Waals surface area contributed by atoms with Crippen molar-refractivity contribution < 1.29 is 9.59 Å². The highest BCUT2D eigenvalue weighted by Gasteiger charge is 2.19. The summed E-state index contributed by atoms with van der Waals surface area (Å²) in [7, 11) is 0. The first-order chi connectivity index (χ1) is 9.24. The van der Waals surface area contributed by atoms with Crippen LogP contribution in [0.15, 0.2) is 34.3 Å². The summed E-state index contributed by atoms with van der Waals surface area (Å²) in [5.74, 6) is -0.405. The van der Waals surface area contributed by atoms with E-state index in [-0.39, 0.29) is 0 Å². The number of amides is 3. The summed E-state index contributed by atoms with van der Waals surface area (Å²) in [6.07, 6.45) is 3.55. The molecule has 0 saturated carbocycles. The number of nitrogens with zero attached hydrogens (tertiary/aromatic N) is 2. The fourth-order valence-corrected chi connectivity index (χ4v) is 2.48. The van der Waals surface area contributed by atoms with Gasteiger partial charge in [-0.3, -0.25) is 15.1 Å². The molecule has 5 nitrogen and oxygen atoms in total. The molecule has 0 bridgehead atoms. The fraction of sp³-hybridized carbons (Fsp3) is 0. The molecule has 0 radical (unpaired) electrons. The zero-order valence-corrected chi connectivity index (χ0v) is 9.68. The van der Waals surface area contributed by atoms with E-state index in [0.717, 1.165) is 21.6 Å². The molecule has 0 aromatic heterocycles. The van der Waals surface area contributed by atoms with Crippen molar-refractivity contribution in [3.8, 4) is 0 Å². The summed E-state index contributed by atoms with van der Waals surface area (Å²) < 4.78 is 0. The van der Waals surface area contributed by atoms with E-state index in [4.69, 9.17) is 0 Å². The fourth-order valence-electron chi connectivity index (χ4n) is 2.48. The van der Waals surface area contributed by atoms with Crippen LogP contribution in [0.3, 0.4) is 0 Å². The maximum absolute atomic E-state index is 11.7. The number of hydrogen-bond acceptors (Lipinski definition) is 3. The van der Waals surface area contributed by atoms with Gasteiger partial charge in [0.05, 0.1) is 10.9 Å². The van der Waals surface area contributed by atoms with Crippen LogP contribution in [0, 0.1) is 0 Å². The van der Waals surface area contributed by atoms with Gasteiger partial charge in [-0.15, -0.1) is 0 Å². The Hall–Kier alpha value is -2.82. The molecule has 90 valence electrons. The Morgan fingerprint density at radius 2 is 1.84 bits per heavy atom. The number of rotatable bonds is 0. The van der Waals surface area contributed by atoms with Crippen molar-refractivity contribution in [2.75, 3.05) is 0 Å². The predicted octanol–water partition coefficient (Wildman–Crippen LogP) is 0.493. The van der Waals surface area contributed by atoms with Gasteiger partial charge in [-0.1, -0.05) is 18.2 Å². The van der Waals surface area contributed by atoms with Gasteiger partial charge in [0.25, 0.3) is 5.91 Å². The quantitative estimate of drug-likeness (QED) is 0.738. The molecular weight excluding hydrogens is 242 g/mol. The number of urea groups is 1. The molecule has 0 spiro atoms. The maximum atomic E-state index is 11.7. The smallest absolute Gasteiger partial charge is 0.272 e. The predicted molar refractivity (Wildman–Crippen MR) is 69.7 cm³/mol. The van der Waals surface area contributed by atoms with Crippen LogP contribution in [0.2, 0.25) is 0 Å². The molecule has 2 aromatic rings. The summed E-state index contributed by atoms with van der Waals surface area (Å²) in [6.45, 7) is 0. The second-order valence-electron chi connectivity index (χ2n) is 4.40. The number of carbonyl (C=O) groups is 2. The van der Waals surface area contributed by atoms with E-state index in [1.807, 2.05) is 18.2 Å². The summed E-state index contributed by atoms with van der Waals surface area (Å²) >= 11 is 0. The molecule has 0 aliphatic carbocycles. The second-order valence-corrected chi connectivity index (χ2v) is 4.40. The standard InChI is InChI=1S/C14H7N3O2/c18-13-10-4-3-8-9(12(10)16-14(19)17-13)2-1-7-5-15-6-11(7)8/h1-6H,(H,17,18,19). The van der Waals surface area contributed by atoms with Crippen LogP contribution in [-0.4, -0.2) is 18.2 Å². The first-order valence-corrected chi connectivity index (χ1v) is 5.77. The van der Waals surface area contributed by atoms with Crippen molar-refractivity contribution in [2.24, 2.45) is 9.98 Å². The first-order valence-electron chi connectivity index (χ1n) is 5.77. The maximum Gasteiger partial charge on any atom is 0.348 e. The minimum atomic E-state index is -0.620. The van der Waals surface area contributed by atoms with Crippen LogP contribution in [0.1, 0.15) is 15.9 Å². The van der Waals surface area contributed by atoms with E-state index < -0.39 is 11.9 Å². The van der Waals surface area contributed by atoms with E-state index in [9.17, 15) is 9.59 Å². The molecule has 0 atom stereocenters. The number of aliphatic imine (C=N–C) groups is 1.